The smallest absolute Gasteiger partial charge is 0.253 e. The first-order valence-corrected chi connectivity index (χ1v) is 6.87. The molecule has 2 saturated carbocycles. The van der Waals surface area contributed by atoms with Crippen LogP contribution in [0.1, 0.15) is 36.0 Å². The van der Waals surface area contributed by atoms with Crippen molar-refractivity contribution in [1.29, 1.82) is 0 Å². The first-order valence-electron chi connectivity index (χ1n) is 6.49. The Morgan fingerprint density at radius 3 is 2.78 bits per heavy atom. The molecule has 2 bridgehead atoms. The van der Waals surface area contributed by atoms with E-state index in [9.17, 15) is 4.79 Å². The van der Waals surface area contributed by atoms with Crippen molar-refractivity contribution in [3.8, 4) is 0 Å². The van der Waals surface area contributed by atoms with Gasteiger partial charge in [0.15, 0.2) is 0 Å². The average Bonchev–Trinajstić information content (AvgIpc) is 2.90. The standard InChI is InChI=1S/C14H17ClN2O/c15-12-7-10(16)3-4-11(12)14(18)17-13-6-8-1-2-9(13)5-8/h3-4,7-9,13H,1-2,5-6,16H2,(H,17,18). The van der Waals surface area contributed by atoms with Crippen LogP contribution in [0.4, 0.5) is 5.69 Å². The van der Waals surface area contributed by atoms with Gasteiger partial charge in [-0.1, -0.05) is 18.0 Å². The molecule has 0 aromatic heterocycles. The van der Waals surface area contributed by atoms with Crippen LogP contribution in [0.2, 0.25) is 5.02 Å². The molecular weight excluding hydrogens is 248 g/mol. The number of hydrogen-bond donors (Lipinski definition) is 2. The van der Waals surface area contributed by atoms with Crippen molar-refractivity contribution in [2.45, 2.75) is 31.7 Å². The van der Waals surface area contributed by atoms with Crippen LogP contribution in [0.25, 0.3) is 0 Å². The molecule has 3 unspecified atom stereocenters. The zero-order chi connectivity index (χ0) is 12.7. The fourth-order valence-corrected chi connectivity index (χ4v) is 3.66. The fourth-order valence-electron chi connectivity index (χ4n) is 3.38. The maximum absolute atomic E-state index is 12.2. The molecule has 96 valence electrons. The number of amides is 1. The number of halogens is 1. The first-order chi connectivity index (χ1) is 8.63. The number of carbonyl (C=O) groups excluding carboxylic acids is 1. The van der Waals surface area contributed by atoms with Crippen LogP contribution in [-0.4, -0.2) is 11.9 Å². The molecule has 2 aliphatic carbocycles. The van der Waals surface area contributed by atoms with E-state index >= 15 is 0 Å². The zero-order valence-corrected chi connectivity index (χ0v) is 10.9. The van der Waals surface area contributed by atoms with Crippen LogP contribution < -0.4 is 11.1 Å². The highest BCUT2D eigenvalue weighted by Crippen LogP contribution is 2.44. The van der Waals surface area contributed by atoms with Gasteiger partial charge in [0.25, 0.3) is 5.91 Å². The molecule has 1 amide bonds. The molecule has 2 aliphatic rings. The van der Waals surface area contributed by atoms with E-state index in [1.54, 1.807) is 18.2 Å². The monoisotopic (exact) mass is 264 g/mol. The number of nitrogens with one attached hydrogen (secondary N) is 1. The number of benzene rings is 1. The average molecular weight is 265 g/mol. The third-order valence-electron chi connectivity index (χ3n) is 4.29. The number of nitrogens with two attached hydrogens (primary N) is 1. The van der Waals surface area contributed by atoms with E-state index in [0.29, 0.717) is 28.2 Å². The number of carbonyl (C=O) groups is 1. The summed E-state index contributed by atoms with van der Waals surface area (Å²) in [4.78, 5) is 12.2. The van der Waals surface area contributed by atoms with E-state index in [2.05, 4.69) is 5.32 Å². The van der Waals surface area contributed by atoms with Crippen LogP contribution in [-0.2, 0) is 0 Å². The molecule has 0 aliphatic heterocycles. The normalized spacial score (nSPS) is 29.5. The van der Waals surface area contributed by atoms with Gasteiger partial charge in [0.2, 0.25) is 0 Å². The van der Waals surface area contributed by atoms with E-state index in [1.807, 2.05) is 0 Å². The quantitative estimate of drug-likeness (QED) is 0.807. The Bertz CT molecular complexity index is 489. The number of nitrogen functional groups attached to an aromatic ring is 1. The minimum Gasteiger partial charge on any atom is -0.399 e. The molecule has 0 spiro atoms. The summed E-state index contributed by atoms with van der Waals surface area (Å²) in [5.41, 5.74) is 6.73. The summed E-state index contributed by atoms with van der Waals surface area (Å²) >= 11 is 6.05. The lowest BCUT2D eigenvalue weighted by atomic mass is 9.95. The van der Waals surface area contributed by atoms with Crippen molar-refractivity contribution in [1.82, 2.24) is 5.32 Å². The molecule has 1 aromatic carbocycles. The van der Waals surface area contributed by atoms with Gasteiger partial charge >= 0.3 is 0 Å². The molecule has 3 nitrogen and oxygen atoms in total. The molecule has 0 saturated heterocycles. The Balaban J connectivity index is 1.71. The third kappa shape index (κ3) is 2.07. The second-order valence-corrected chi connectivity index (χ2v) is 5.90. The number of anilines is 1. The second-order valence-electron chi connectivity index (χ2n) is 5.49. The van der Waals surface area contributed by atoms with Gasteiger partial charge in [-0.25, -0.2) is 0 Å². The maximum Gasteiger partial charge on any atom is 0.253 e. The van der Waals surface area contributed by atoms with Crippen LogP contribution in [0.3, 0.4) is 0 Å². The molecule has 18 heavy (non-hydrogen) atoms. The van der Waals surface area contributed by atoms with Crippen LogP contribution in [0.15, 0.2) is 18.2 Å². The molecule has 3 rings (SSSR count). The summed E-state index contributed by atoms with van der Waals surface area (Å²) in [7, 11) is 0. The van der Waals surface area contributed by atoms with Crippen LogP contribution in [0.5, 0.6) is 0 Å². The summed E-state index contributed by atoms with van der Waals surface area (Å²) in [6.07, 6.45) is 4.99. The summed E-state index contributed by atoms with van der Waals surface area (Å²) in [6, 6.07) is 5.36. The predicted molar refractivity (Wildman–Crippen MR) is 72.6 cm³/mol. The molecular formula is C14H17ClN2O. The largest absolute Gasteiger partial charge is 0.399 e. The summed E-state index contributed by atoms with van der Waals surface area (Å²) in [5.74, 6) is 1.42. The molecule has 2 fully saturated rings. The molecule has 0 heterocycles. The summed E-state index contributed by atoms with van der Waals surface area (Å²) in [5, 5.41) is 3.55. The van der Waals surface area contributed by atoms with Crippen LogP contribution in [0, 0.1) is 11.8 Å². The van der Waals surface area contributed by atoms with Crippen molar-refractivity contribution in [3.63, 3.8) is 0 Å². The Kier molecular flexibility index (Phi) is 2.94. The maximum atomic E-state index is 12.2. The zero-order valence-electron chi connectivity index (χ0n) is 10.2. The number of hydrogen-bond acceptors (Lipinski definition) is 2. The van der Waals surface area contributed by atoms with Crippen molar-refractivity contribution in [2.75, 3.05) is 5.73 Å². The van der Waals surface area contributed by atoms with Gasteiger partial charge in [0, 0.05) is 11.7 Å². The van der Waals surface area contributed by atoms with Gasteiger partial charge in [-0.2, -0.15) is 0 Å². The molecule has 3 N–H and O–H groups in total. The lowest BCUT2D eigenvalue weighted by molar-refractivity contribution is 0.0923. The highest BCUT2D eigenvalue weighted by atomic mass is 35.5. The highest BCUT2D eigenvalue weighted by molar-refractivity contribution is 6.34. The molecule has 0 radical (unpaired) electrons. The van der Waals surface area contributed by atoms with Gasteiger partial charge in [-0.05, 0) is 49.3 Å². The highest BCUT2D eigenvalue weighted by Gasteiger charge is 2.40. The topological polar surface area (TPSA) is 55.1 Å². The lowest BCUT2D eigenvalue weighted by Crippen LogP contribution is -2.38. The van der Waals surface area contributed by atoms with Gasteiger partial charge in [0.1, 0.15) is 0 Å². The van der Waals surface area contributed by atoms with E-state index in [4.69, 9.17) is 17.3 Å². The first kappa shape index (κ1) is 11.8. The minimum absolute atomic E-state index is 0.0717. The van der Waals surface area contributed by atoms with E-state index in [-0.39, 0.29) is 5.91 Å². The predicted octanol–water partition coefficient (Wildman–Crippen LogP) is 2.84. The van der Waals surface area contributed by atoms with E-state index in [1.165, 1.54) is 19.3 Å². The summed E-state index contributed by atoms with van der Waals surface area (Å²) in [6.45, 7) is 0. The molecule has 4 heteroatoms. The van der Waals surface area contributed by atoms with Crippen molar-refractivity contribution < 1.29 is 4.79 Å². The van der Waals surface area contributed by atoms with Crippen molar-refractivity contribution >= 4 is 23.2 Å². The second kappa shape index (κ2) is 4.47. The van der Waals surface area contributed by atoms with E-state index in [0.717, 1.165) is 12.3 Å². The number of fused-ring (bicyclic) bond motifs is 2. The van der Waals surface area contributed by atoms with Gasteiger partial charge in [-0.15, -0.1) is 0 Å². The van der Waals surface area contributed by atoms with Crippen molar-refractivity contribution in [2.24, 2.45) is 11.8 Å². The van der Waals surface area contributed by atoms with Crippen molar-refractivity contribution in [3.05, 3.63) is 28.8 Å². The Labute approximate surface area is 112 Å². The minimum atomic E-state index is -0.0717. The Morgan fingerprint density at radius 1 is 1.33 bits per heavy atom. The molecule has 1 aromatic rings. The van der Waals surface area contributed by atoms with Gasteiger partial charge < -0.3 is 11.1 Å². The molecule has 3 atom stereocenters. The number of rotatable bonds is 2. The SMILES string of the molecule is Nc1ccc(C(=O)NC2CC3CCC2C3)c(Cl)c1. The van der Waals surface area contributed by atoms with Gasteiger partial charge in [0.05, 0.1) is 10.6 Å². The Morgan fingerprint density at radius 2 is 2.17 bits per heavy atom. The summed E-state index contributed by atoms with van der Waals surface area (Å²) < 4.78 is 0. The fraction of sp³-hybridized carbons (Fsp3) is 0.500. The lowest BCUT2D eigenvalue weighted by Gasteiger charge is -2.23. The third-order valence-corrected chi connectivity index (χ3v) is 4.61. The van der Waals surface area contributed by atoms with E-state index < -0.39 is 0 Å². The van der Waals surface area contributed by atoms with Crippen LogP contribution >= 0.6 is 11.6 Å². The van der Waals surface area contributed by atoms with Gasteiger partial charge in [-0.3, -0.25) is 4.79 Å². The Hall–Kier alpha value is -1.22.